The van der Waals surface area contributed by atoms with Crippen LogP contribution in [-0.2, 0) is 29.3 Å². The number of anilines is 1. The summed E-state index contributed by atoms with van der Waals surface area (Å²) in [7, 11) is -1.96. The number of benzene rings is 1. The highest BCUT2D eigenvalue weighted by Crippen LogP contribution is 2.40. The zero-order chi connectivity index (χ0) is 23.7. The van der Waals surface area contributed by atoms with Crippen LogP contribution < -0.4 is 9.64 Å². The highest BCUT2D eigenvalue weighted by molar-refractivity contribution is 7.89. The Morgan fingerprint density at radius 2 is 1.76 bits per heavy atom. The Kier molecular flexibility index (Phi) is 6.77. The summed E-state index contributed by atoms with van der Waals surface area (Å²) in [5.74, 6) is 2.57. The van der Waals surface area contributed by atoms with E-state index in [1.807, 2.05) is 11.3 Å². The zero-order valence-corrected chi connectivity index (χ0v) is 21.6. The minimum absolute atomic E-state index is 0.305. The lowest BCUT2D eigenvalue weighted by Gasteiger charge is -2.35. The smallest absolute Gasteiger partial charge is 0.243 e. The van der Waals surface area contributed by atoms with Crippen molar-refractivity contribution in [1.29, 1.82) is 0 Å². The zero-order valence-electron chi connectivity index (χ0n) is 19.9. The third-order valence-electron chi connectivity index (χ3n) is 6.83. The first kappa shape index (κ1) is 23.5. The summed E-state index contributed by atoms with van der Waals surface area (Å²) >= 11 is 1.84. The van der Waals surface area contributed by atoms with E-state index in [-0.39, 0.29) is 0 Å². The van der Waals surface area contributed by atoms with Crippen molar-refractivity contribution in [2.75, 3.05) is 38.2 Å². The largest absolute Gasteiger partial charge is 0.497 e. The molecule has 182 valence electrons. The number of rotatable bonds is 7. The summed E-state index contributed by atoms with van der Waals surface area (Å²) in [6.45, 7) is 4.32. The molecule has 7 nitrogen and oxygen atoms in total. The number of sulfonamides is 1. The summed E-state index contributed by atoms with van der Waals surface area (Å²) in [5.41, 5.74) is 1.43. The van der Waals surface area contributed by atoms with Crippen LogP contribution in [0.15, 0.2) is 29.2 Å². The van der Waals surface area contributed by atoms with Crippen LogP contribution in [0.25, 0.3) is 10.2 Å². The molecule has 0 radical (unpaired) electrons. The normalized spacial score (nSPS) is 17.2. The summed E-state index contributed by atoms with van der Waals surface area (Å²) < 4.78 is 33.2. The monoisotopic (exact) mass is 500 g/mol. The van der Waals surface area contributed by atoms with Gasteiger partial charge in [0.25, 0.3) is 0 Å². The van der Waals surface area contributed by atoms with Gasteiger partial charge in [0.1, 0.15) is 22.2 Å². The van der Waals surface area contributed by atoms with Crippen molar-refractivity contribution < 1.29 is 13.2 Å². The summed E-state index contributed by atoms with van der Waals surface area (Å²) in [6.07, 6.45) is 7.74. The van der Waals surface area contributed by atoms with Crippen molar-refractivity contribution >= 4 is 37.4 Å². The van der Waals surface area contributed by atoms with Crippen LogP contribution in [0.5, 0.6) is 5.75 Å². The van der Waals surface area contributed by atoms with Crippen LogP contribution in [0.3, 0.4) is 0 Å². The van der Waals surface area contributed by atoms with Gasteiger partial charge in [0.05, 0.1) is 17.4 Å². The average molecular weight is 501 g/mol. The van der Waals surface area contributed by atoms with Gasteiger partial charge < -0.3 is 9.64 Å². The van der Waals surface area contributed by atoms with Gasteiger partial charge in [0, 0.05) is 37.5 Å². The van der Waals surface area contributed by atoms with Crippen LogP contribution in [0.4, 0.5) is 5.82 Å². The summed E-state index contributed by atoms with van der Waals surface area (Å²) in [4.78, 5) is 15.1. The Labute approximate surface area is 205 Å². The molecule has 0 amide bonds. The number of ether oxygens (including phenoxy) is 1. The molecule has 0 atom stereocenters. The SMILES string of the molecule is CCCCc1nc(N2CCN(S(=O)(=O)c3ccc(OC)cc3)CC2)c2c3c(sc2n1)CCCC3. The molecule has 0 saturated carbocycles. The Balaban J connectivity index is 1.42. The fourth-order valence-electron chi connectivity index (χ4n) is 4.89. The van der Waals surface area contributed by atoms with Crippen LogP contribution in [-0.4, -0.2) is 56.0 Å². The molecule has 1 aromatic carbocycles. The van der Waals surface area contributed by atoms with Gasteiger partial charge in [-0.1, -0.05) is 13.3 Å². The van der Waals surface area contributed by atoms with Crippen molar-refractivity contribution in [1.82, 2.24) is 14.3 Å². The molecular weight excluding hydrogens is 468 g/mol. The Morgan fingerprint density at radius 3 is 2.47 bits per heavy atom. The number of aromatic nitrogens is 2. The minimum Gasteiger partial charge on any atom is -0.497 e. The lowest BCUT2D eigenvalue weighted by molar-refractivity contribution is 0.383. The molecule has 0 N–H and O–H groups in total. The van der Waals surface area contributed by atoms with E-state index in [9.17, 15) is 8.42 Å². The van der Waals surface area contributed by atoms with E-state index in [0.29, 0.717) is 36.8 Å². The number of thiophene rings is 1. The maximum absolute atomic E-state index is 13.2. The number of unbranched alkanes of at least 4 members (excludes halogenated alkanes) is 1. The molecule has 1 saturated heterocycles. The van der Waals surface area contributed by atoms with Crippen LogP contribution >= 0.6 is 11.3 Å². The molecule has 3 heterocycles. The fraction of sp³-hybridized carbons (Fsp3) is 0.520. The van der Waals surface area contributed by atoms with Gasteiger partial charge in [-0.3, -0.25) is 0 Å². The predicted molar refractivity (Wildman–Crippen MR) is 137 cm³/mol. The van der Waals surface area contributed by atoms with Crippen molar-refractivity contribution in [2.24, 2.45) is 0 Å². The molecule has 0 spiro atoms. The second-order valence-electron chi connectivity index (χ2n) is 9.02. The first-order valence-electron chi connectivity index (χ1n) is 12.2. The second-order valence-corrected chi connectivity index (χ2v) is 12.0. The van der Waals surface area contributed by atoms with E-state index >= 15 is 0 Å². The second kappa shape index (κ2) is 9.79. The molecule has 1 aliphatic carbocycles. The van der Waals surface area contributed by atoms with Gasteiger partial charge in [-0.25, -0.2) is 18.4 Å². The molecule has 1 fully saturated rings. The number of piperazine rings is 1. The Bertz CT molecular complexity index is 1260. The van der Waals surface area contributed by atoms with Crippen LogP contribution in [0.1, 0.15) is 48.9 Å². The number of methoxy groups -OCH3 is 1. The van der Waals surface area contributed by atoms with Gasteiger partial charge in [-0.2, -0.15) is 4.31 Å². The molecule has 0 unspecified atom stereocenters. The van der Waals surface area contributed by atoms with Crippen molar-refractivity contribution in [3.05, 3.63) is 40.5 Å². The van der Waals surface area contributed by atoms with Gasteiger partial charge >= 0.3 is 0 Å². The third kappa shape index (κ3) is 4.41. The average Bonchev–Trinajstić information content (AvgIpc) is 3.25. The molecule has 9 heteroatoms. The fourth-order valence-corrected chi connectivity index (χ4v) is 7.59. The van der Waals surface area contributed by atoms with E-state index in [1.54, 1.807) is 35.7 Å². The predicted octanol–water partition coefficient (Wildman–Crippen LogP) is 4.43. The number of hydrogen-bond donors (Lipinski definition) is 0. The quantitative estimate of drug-likeness (QED) is 0.478. The first-order valence-corrected chi connectivity index (χ1v) is 14.5. The minimum atomic E-state index is -3.54. The van der Waals surface area contributed by atoms with Gasteiger partial charge in [0.2, 0.25) is 10.0 Å². The maximum atomic E-state index is 13.2. The first-order chi connectivity index (χ1) is 16.5. The lowest BCUT2D eigenvalue weighted by atomic mass is 9.97. The topological polar surface area (TPSA) is 75.6 Å². The van der Waals surface area contributed by atoms with Crippen molar-refractivity contribution in [2.45, 2.75) is 56.8 Å². The molecule has 0 bridgehead atoms. The van der Waals surface area contributed by atoms with Gasteiger partial charge in [-0.05, 0) is 61.9 Å². The standard InChI is InChI=1S/C25H32N4O3S2/c1-3-4-9-22-26-24(23-20-7-5-6-8-21(20)33-25(23)27-22)28-14-16-29(17-15-28)34(30,31)19-12-10-18(32-2)11-13-19/h10-13H,3-9,14-17H2,1-2H3. The van der Waals surface area contributed by atoms with Crippen LogP contribution in [0.2, 0.25) is 0 Å². The van der Waals surface area contributed by atoms with E-state index in [4.69, 9.17) is 14.7 Å². The van der Waals surface area contributed by atoms with Gasteiger partial charge in [-0.15, -0.1) is 11.3 Å². The number of aryl methyl sites for hydroxylation is 3. The highest BCUT2D eigenvalue weighted by Gasteiger charge is 2.31. The van der Waals surface area contributed by atoms with E-state index < -0.39 is 10.0 Å². The summed E-state index contributed by atoms with van der Waals surface area (Å²) in [5, 5.41) is 1.21. The molecule has 1 aliphatic heterocycles. The molecule has 2 aliphatic rings. The Hall–Kier alpha value is -2.23. The number of fused-ring (bicyclic) bond motifs is 3. The number of nitrogens with zero attached hydrogens (tertiary/aromatic N) is 4. The van der Waals surface area contributed by atoms with Crippen molar-refractivity contribution in [3.63, 3.8) is 0 Å². The maximum Gasteiger partial charge on any atom is 0.243 e. The van der Waals surface area contributed by atoms with E-state index in [1.165, 1.54) is 28.7 Å². The van der Waals surface area contributed by atoms with E-state index in [0.717, 1.165) is 48.6 Å². The van der Waals surface area contributed by atoms with Crippen molar-refractivity contribution in [3.8, 4) is 5.75 Å². The number of hydrogen-bond acceptors (Lipinski definition) is 7. The molecular formula is C25H32N4O3S2. The van der Waals surface area contributed by atoms with E-state index in [2.05, 4.69) is 11.8 Å². The molecule has 34 heavy (non-hydrogen) atoms. The lowest BCUT2D eigenvalue weighted by Crippen LogP contribution is -2.49. The molecule has 5 rings (SSSR count). The summed E-state index contributed by atoms with van der Waals surface area (Å²) in [6, 6.07) is 6.62. The van der Waals surface area contributed by atoms with Crippen LogP contribution in [0, 0.1) is 0 Å². The highest BCUT2D eigenvalue weighted by atomic mass is 32.2. The third-order valence-corrected chi connectivity index (χ3v) is 9.93. The molecule has 2 aromatic heterocycles. The van der Waals surface area contributed by atoms with Gasteiger partial charge in [0.15, 0.2) is 0 Å². The Morgan fingerprint density at radius 1 is 1.03 bits per heavy atom. The molecule has 3 aromatic rings.